The molecule has 0 aromatic heterocycles. The quantitative estimate of drug-likeness (QED) is 0.668. The number of hydrogen-bond acceptors (Lipinski definition) is 5. The molecule has 1 heterocycles. The number of rotatable bonds is 5. The molecule has 0 bridgehead atoms. The van der Waals surface area contributed by atoms with Crippen molar-refractivity contribution in [2.75, 3.05) is 13.2 Å². The molecule has 3 atom stereocenters. The number of aliphatic hydroxyl groups is 1. The van der Waals surface area contributed by atoms with Gasteiger partial charge in [-0.3, -0.25) is 0 Å². The number of benzene rings is 1. The molecule has 2 rings (SSSR count). The van der Waals surface area contributed by atoms with Crippen molar-refractivity contribution in [1.29, 1.82) is 0 Å². The van der Waals surface area contributed by atoms with Crippen molar-refractivity contribution in [2.24, 2.45) is 0 Å². The van der Waals surface area contributed by atoms with Gasteiger partial charge in [-0.05, 0) is 20.3 Å². The molecule has 5 heteroatoms. The van der Waals surface area contributed by atoms with Crippen LogP contribution in [-0.4, -0.2) is 36.5 Å². The van der Waals surface area contributed by atoms with Crippen LogP contribution in [0.4, 0.5) is 0 Å². The highest BCUT2D eigenvalue weighted by atomic mass is 16.7. The third-order valence-electron chi connectivity index (χ3n) is 3.47. The highest BCUT2D eigenvalue weighted by Gasteiger charge is 2.30. The normalized spacial score (nSPS) is 25.8. The Bertz CT molecular complexity index is 511. The monoisotopic (exact) mass is 306 g/mol. The van der Waals surface area contributed by atoms with Gasteiger partial charge in [0.15, 0.2) is 6.29 Å². The smallest absolute Gasteiger partial charge is 0.333 e. The second kappa shape index (κ2) is 8.08. The fourth-order valence-electron chi connectivity index (χ4n) is 2.20. The number of ether oxygens (including phenoxy) is 3. The summed E-state index contributed by atoms with van der Waals surface area (Å²) in [5.74, 6) is -0.344. The van der Waals surface area contributed by atoms with Crippen LogP contribution in [0, 0.1) is 0 Å². The summed E-state index contributed by atoms with van der Waals surface area (Å²) in [5, 5.41) is 9.99. The van der Waals surface area contributed by atoms with Gasteiger partial charge in [0.1, 0.15) is 6.10 Å². The third kappa shape index (κ3) is 4.40. The summed E-state index contributed by atoms with van der Waals surface area (Å²) in [6.45, 7) is 4.01. The first-order valence-corrected chi connectivity index (χ1v) is 7.45. The fourth-order valence-corrected chi connectivity index (χ4v) is 2.20. The maximum atomic E-state index is 11.6. The summed E-state index contributed by atoms with van der Waals surface area (Å²) >= 11 is 0. The standard InChI is InChI=1S/C17H22O5/c1-3-20-16(19)12(2)9-10-15-14(18)11-21-17(22-15)13-7-5-4-6-8-13/h4-9,14-15,17-18H,3,10-11H2,1-2H3/b12-9+/t14-,15+,17-/m1/s1. The van der Waals surface area contributed by atoms with E-state index < -0.39 is 18.5 Å². The number of carbonyl (C=O) groups excluding carboxylic acids is 1. The van der Waals surface area contributed by atoms with Gasteiger partial charge in [-0.15, -0.1) is 0 Å². The number of hydrogen-bond donors (Lipinski definition) is 1. The van der Waals surface area contributed by atoms with Gasteiger partial charge < -0.3 is 19.3 Å². The van der Waals surface area contributed by atoms with Gasteiger partial charge in [0.05, 0.1) is 19.3 Å². The Hall–Kier alpha value is -1.69. The molecule has 120 valence electrons. The molecule has 0 unspecified atom stereocenters. The topological polar surface area (TPSA) is 65.0 Å². The molecule has 5 nitrogen and oxygen atoms in total. The minimum atomic E-state index is -0.716. The fraction of sp³-hybridized carbons (Fsp3) is 0.471. The van der Waals surface area contributed by atoms with Crippen LogP contribution < -0.4 is 0 Å². The molecule has 0 saturated carbocycles. The molecule has 1 saturated heterocycles. The van der Waals surface area contributed by atoms with Crippen molar-refractivity contribution >= 4 is 5.97 Å². The van der Waals surface area contributed by atoms with Gasteiger partial charge in [-0.25, -0.2) is 4.79 Å². The highest BCUT2D eigenvalue weighted by molar-refractivity contribution is 5.87. The molecule has 0 spiro atoms. The molecule has 0 aliphatic carbocycles. The molecule has 0 radical (unpaired) electrons. The summed E-state index contributed by atoms with van der Waals surface area (Å²) in [6.07, 6.45) is 0.540. The van der Waals surface area contributed by atoms with E-state index in [1.807, 2.05) is 30.3 Å². The van der Waals surface area contributed by atoms with Crippen LogP contribution in [0.15, 0.2) is 42.0 Å². The largest absolute Gasteiger partial charge is 0.463 e. The van der Waals surface area contributed by atoms with Gasteiger partial charge in [-0.2, -0.15) is 0 Å². The second-order valence-electron chi connectivity index (χ2n) is 5.16. The third-order valence-corrected chi connectivity index (χ3v) is 3.47. The second-order valence-corrected chi connectivity index (χ2v) is 5.16. The lowest BCUT2D eigenvalue weighted by Gasteiger charge is -2.33. The van der Waals surface area contributed by atoms with E-state index in [4.69, 9.17) is 14.2 Å². The lowest BCUT2D eigenvalue weighted by Crippen LogP contribution is -2.40. The number of aliphatic hydroxyl groups excluding tert-OH is 1. The molecular weight excluding hydrogens is 284 g/mol. The van der Waals surface area contributed by atoms with E-state index >= 15 is 0 Å². The molecule has 0 amide bonds. The number of esters is 1. The van der Waals surface area contributed by atoms with Crippen LogP contribution in [0.25, 0.3) is 0 Å². The van der Waals surface area contributed by atoms with Gasteiger partial charge in [0.2, 0.25) is 0 Å². The van der Waals surface area contributed by atoms with E-state index in [9.17, 15) is 9.90 Å². The molecule has 1 fully saturated rings. The Balaban J connectivity index is 1.97. The minimum Gasteiger partial charge on any atom is -0.463 e. The maximum Gasteiger partial charge on any atom is 0.333 e. The van der Waals surface area contributed by atoms with Crippen molar-refractivity contribution in [3.05, 3.63) is 47.5 Å². The summed E-state index contributed by atoms with van der Waals surface area (Å²) in [4.78, 5) is 11.6. The van der Waals surface area contributed by atoms with E-state index in [0.29, 0.717) is 18.6 Å². The van der Waals surface area contributed by atoms with E-state index in [0.717, 1.165) is 5.56 Å². The zero-order valence-corrected chi connectivity index (χ0v) is 12.9. The van der Waals surface area contributed by atoms with E-state index in [-0.39, 0.29) is 12.6 Å². The Morgan fingerprint density at radius 2 is 2.14 bits per heavy atom. The Morgan fingerprint density at radius 1 is 1.41 bits per heavy atom. The van der Waals surface area contributed by atoms with Crippen molar-refractivity contribution in [2.45, 2.75) is 38.8 Å². The van der Waals surface area contributed by atoms with Crippen LogP contribution in [0.2, 0.25) is 0 Å². The van der Waals surface area contributed by atoms with Crippen LogP contribution in [0.5, 0.6) is 0 Å². The zero-order valence-electron chi connectivity index (χ0n) is 12.9. The first-order chi connectivity index (χ1) is 10.6. The summed E-state index contributed by atoms with van der Waals surface area (Å²) in [6, 6.07) is 9.57. The molecule has 1 aliphatic rings. The average Bonchev–Trinajstić information content (AvgIpc) is 2.55. The average molecular weight is 306 g/mol. The first kappa shape index (κ1) is 16.7. The van der Waals surface area contributed by atoms with Gasteiger partial charge in [0, 0.05) is 11.1 Å². The lowest BCUT2D eigenvalue weighted by molar-refractivity contribution is -0.255. The van der Waals surface area contributed by atoms with Gasteiger partial charge in [-0.1, -0.05) is 36.4 Å². The minimum absolute atomic E-state index is 0.205. The summed E-state index contributed by atoms with van der Waals surface area (Å²) < 4.78 is 16.2. The molecule has 1 N–H and O–H groups in total. The van der Waals surface area contributed by atoms with Crippen molar-refractivity contribution in [3.63, 3.8) is 0 Å². The first-order valence-electron chi connectivity index (χ1n) is 7.45. The van der Waals surface area contributed by atoms with E-state index in [2.05, 4.69) is 0 Å². The Morgan fingerprint density at radius 3 is 2.82 bits per heavy atom. The Labute approximate surface area is 130 Å². The summed E-state index contributed by atoms with van der Waals surface area (Å²) in [5.41, 5.74) is 1.42. The lowest BCUT2D eigenvalue weighted by atomic mass is 10.1. The van der Waals surface area contributed by atoms with Crippen LogP contribution in [0.1, 0.15) is 32.1 Å². The van der Waals surface area contributed by atoms with Crippen molar-refractivity contribution in [3.8, 4) is 0 Å². The summed E-state index contributed by atoms with van der Waals surface area (Å²) in [7, 11) is 0. The molecule has 1 aromatic carbocycles. The van der Waals surface area contributed by atoms with Crippen LogP contribution in [-0.2, 0) is 19.0 Å². The molecule has 22 heavy (non-hydrogen) atoms. The van der Waals surface area contributed by atoms with E-state index in [1.165, 1.54) is 0 Å². The predicted octanol–water partition coefficient (Wildman–Crippen LogP) is 2.36. The van der Waals surface area contributed by atoms with Crippen molar-refractivity contribution in [1.82, 2.24) is 0 Å². The number of carbonyl (C=O) groups is 1. The van der Waals surface area contributed by atoms with E-state index in [1.54, 1.807) is 19.9 Å². The molecule has 1 aromatic rings. The van der Waals surface area contributed by atoms with Gasteiger partial charge in [0.25, 0.3) is 0 Å². The molecular formula is C17H22O5. The van der Waals surface area contributed by atoms with Gasteiger partial charge >= 0.3 is 5.97 Å². The van der Waals surface area contributed by atoms with Crippen molar-refractivity contribution < 1.29 is 24.1 Å². The SMILES string of the molecule is CCOC(=O)/C(C)=C/C[C@@H]1O[C@H](c2ccccc2)OC[C@H]1O. The van der Waals surface area contributed by atoms with Crippen LogP contribution >= 0.6 is 0 Å². The predicted molar refractivity (Wildman–Crippen MR) is 81.0 cm³/mol. The highest BCUT2D eigenvalue weighted by Crippen LogP contribution is 2.28. The maximum absolute atomic E-state index is 11.6. The Kier molecular flexibility index (Phi) is 6.12. The van der Waals surface area contributed by atoms with Crippen LogP contribution in [0.3, 0.4) is 0 Å². The zero-order chi connectivity index (χ0) is 15.9. The molecule has 1 aliphatic heterocycles.